The maximum absolute atomic E-state index is 14.0. The van der Waals surface area contributed by atoms with Crippen molar-refractivity contribution in [3.8, 4) is 6.07 Å². The first-order valence-electron chi connectivity index (χ1n) is 6.15. The molecule has 4 nitrogen and oxygen atoms in total. The van der Waals surface area contributed by atoms with Crippen molar-refractivity contribution in [2.75, 3.05) is 4.90 Å². The first-order chi connectivity index (χ1) is 10.4. The van der Waals surface area contributed by atoms with Crippen molar-refractivity contribution in [3.05, 3.63) is 65.2 Å². The second-order valence-corrected chi connectivity index (χ2v) is 6.40. The molecule has 2 aromatic carbocycles. The lowest BCUT2D eigenvalue weighted by Crippen LogP contribution is -2.22. The maximum Gasteiger partial charge on any atom is 0.223 e. The van der Waals surface area contributed by atoms with E-state index in [9.17, 15) is 17.2 Å². The van der Waals surface area contributed by atoms with Crippen LogP contribution in [0.1, 0.15) is 0 Å². The molecule has 1 heterocycles. The van der Waals surface area contributed by atoms with Crippen LogP contribution in [0.25, 0.3) is 0 Å². The fourth-order valence-electron chi connectivity index (χ4n) is 2.25. The van der Waals surface area contributed by atoms with Gasteiger partial charge in [0.05, 0.1) is 5.69 Å². The van der Waals surface area contributed by atoms with E-state index in [0.29, 0.717) is 0 Å². The molecule has 0 atom stereocenters. The molecule has 3 rings (SSSR count). The van der Waals surface area contributed by atoms with E-state index in [2.05, 4.69) is 0 Å². The summed E-state index contributed by atoms with van der Waals surface area (Å²) in [6, 6.07) is 10.6. The average molecular weight is 318 g/mol. The molecule has 0 aromatic heterocycles. The standard InChI is InChI=1S/C15H8F2N2O2S/c16-10-3-1-4-11(7-10)19-9-12(8-18)22(20,21)15-13(17)5-2-6-14(15)19/h1-7,9H. The summed E-state index contributed by atoms with van der Waals surface area (Å²) < 4.78 is 52.0. The summed E-state index contributed by atoms with van der Waals surface area (Å²) in [7, 11) is -4.23. The maximum atomic E-state index is 14.0. The first kappa shape index (κ1) is 14.2. The highest BCUT2D eigenvalue weighted by molar-refractivity contribution is 7.95. The third-order valence-electron chi connectivity index (χ3n) is 3.21. The number of nitrogens with zero attached hydrogens (tertiary/aromatic N) is 2. The third kappa shape index (κ3) is 2.05. The molecule has 7 heteroatoms. The second-order valence-electron chi connectivity index (χ2n) is 4.55. The van der Waals surface area contributed by atoms with Gasteiger partial charge in [-0.25, -0.2) is 17.2 Å². The van der Waals surface area contributed by atoms with Crippen molar-refractivity contribution < 1.29 is 17.2 Å². The minimum absolute atomic E-state index is 0.0320. The Morgan fingerprint density at radius 3 is 2.50 bits per heavy atom. The Morgan fingerprint density at radius 1 is 1.09 bits per heavy atom. The Balaban J connectivity index is 2.34. The van der Waals surface area contributed by atoms with Gasteiger partial charge < -0.3 is 4.90 Å². The molecule has 0 unspecified atom stereocenters. The quantitative estimate of drug-likeness (QED) is 0.810. The summed E-state index contributed by atoms with van der Waals surface area (Å²) in [4.78, 5) is 0.0915. The molecule has 0 saturated heterocycles. The molecular formula is C15H8F2N2O2S. The first-order valence-corrected chi connectivity index (χ1v) is 7.64. The molecule has 0 aliphatic carbocycles. The number of hydrogen-bond acceptors (Lipinski definition) is 4. The zero-order valence-electron chi connectivity index (χ0n) is 11.0. The van der Waals surface area contributed by atoms with Crippen LogP contribution < -0.4 is 4.90 Å². The normalized spacial score (nSPS) is 15.7. The van der Waals surface area contributed by atoms with E-state index < -0.39 is 31.3 Å². The van der Waals surface area contributed by atoms with Gasteiger partial charge in [0.1, 0.15) is 22.6 Å². The summed E-state index contributed by atoms with van der Waals surface area (Å²) in [5, 5.41) is 9.04. The van der Waals surface area contributed by atoms with Gasteiger partial charge in [0.25, 0.3) is 0 Å². The van der Waals surface area contributed by atoms with Crippen LogP contribution in [0.3, 0.4) is 0 Å². The predicted molar refractivity (Wildman–Crippen MR) is 75.8 cm³/mol. The summed E-state index contributed by atoms with van der Waals surface area (Å²) in [6.45, 7) is 0. The van der Waals surface area contributed by atoms with E-state index in [1.54, 1.807) is 6.07 Å². The third-order valence-corrected chi connectivity index (χ3v) is 4.92. The molecule has 0 radical (unpaired) electrons. The van der Waals surface area contributed by atoms with Crippen LogP contribution in [0.15, 0.2) is 58.5 Å². The fourth-order valence-corrected chi connectivity index (χ4v) is 3.60. The van der Waals surface area contributed by atoms with Crippen LogP contribution in [-0.2, 0) is 9.84 Å². The Kier molecular flexibility index (Phi) is 3.19. The van der Waals surface area contributed by atoms with Crippen molar-refractivity contribution in [2.24, 2.45) is 0 Å². The number of benzene rings is 2. The summed E-state index contributed by atoms with van der Waals surface area (Å²) in [5.74, 6) is -1.49. The SMILES string of the molecule is N#CC1=CN(c2cccc(F)c2)c2cccc(F)c2S1(=O)=O. The van der Waals surface area contributed by atoms with Gasteiger partial charge in [-0.2, -0.15) is 5.26 Å². The molecule has 0 N–H and O–H groups in total. The number of halogens is 2. The largest absolute Gasteiger partial charge is 0.314 e. The van der Waals surface area contributed by atoms with E-state index in [4.69, 9.17) is 5.26 Å². The second kappa shape index (κ2) is 4.93. The number of sulfone groups is 1. The lowest BCUT2D eigenvalue weighted by molar-refractivity contribution is 0.570. The van der Waals surface area contributed by atoms with Gasteiger partial charge in [-0.3, -0.25) is 0 Å². The van der Waals surface area contributed by atoms with Gasteiger partial charge in [0.2, 0.25) is 9.84 Å². The van der Waals surface area contributed by atoms with Crippen LogP contribution in [-0.4, -0.2) is 8.42 Å². The molecule has 0 amide bonds. The van der Waals surface area contributed by atoms with Gasteiger partial charge in [0.15, 0.2) is 4.91 Å². The van der Waals surface area contributed by atoms with Gasteiger partial charge >= 0.3 is 0 Å². The fraction of sp³-hybridized carbons (Fsp3) is 0. The average Bonchev–Trinajstić information content (AvgIpc) is 2.47. The van der Waals surface area contributed by atoms with Gasteiger partial charge in [-0.1, -0.05) is 12.1 Å². The molecular weight excluding hydrogens is 310 g/mol. The molecule has 1 aliphatic heterocycles. The van der Waals surface area contributed by atoms with Gasteiger partial charge in [0, 0.05) is 11.9 Å². The molecule has 0 spiro atoms. The number of rotatable bonds is 1. The minimum Gasteiger partial charge on any atom is -0.314 e. The van der Waals surface area contributed by atoms with Gasteiger partial charge in [-0.05, 0) is 30.3 Å². The summed E-state index contributed by atoms with van der Waals surface area (Å²) in [6.07, 6.45) is 1.06. The molecule has 22 heavy (non-hydrogen) atoms. The van der Waals surface area contributed by atoms with Crippen molar-refractivity contribution in [1.29, 1.82) is 5.26 Å². The van der Waals surface area contributed by atoms with E-state index in [1.807, 2.05) is 0 Å². The van der Waals surface area contributed by atoms with E-state index >= 15 is 0 Å². The number of nitriles is 1. The Morgan fingerprint density at radius 2 is 1.82 bits per heavy atom. The van der Waals surface area contributed by atoms with E-state index in [1.165, 1.54) is 35.2 Å². The Labute approximate surface area is 125 Å². The van der Waals surface area contributed by atoms with Crippen LogP contribution in [0.2, 0.25) is 0 Å². The number of allylic oxidation sites excluding steroid dienone is 1. The molecule has 1 aliphatic rings. The van der Waals surface area contributed by atoms with Crippen LogP contribution in [0.5, 0.6) is 0 Å². The van der Waals surface area contributed by atoms with Crippen LogP contribution in [0, 0.1) is 23.0 Å². The molecule has 110 valence electrons. The van der Waals surface area contributed by atoms with Crippen molar-refractivity contribution >= 4 is 21.2 Å². The Bertz CT molecular complexity index is 946. The molecule has 2 aromatic rings. The minimum atomic E-state index is -4.23. The zero-order chi connectivity index (χ0) is 15.9. The lowest BCUT2D eigenvalue weighted by Gasteiger charge is -2.27. The van der Waals surface area contributed by atoms with Crippen LogP contribution in [0.4, 0.5) is 20.2 Å². The van der Waals surface area contributed by atoms with Crippen molar-refractivity contribution in [2.45, 2.75) is 4.90 Å². The van der Waals surface area contributed by atoms with E-state index in [-0.39, 0.29) is 11.4 Å². The number of fused-ring (bicyclic) bond motifs is 1. The highest BCUT2D eigenvalue weighted by Gasteiger charge is 2.34. The monoisotopic (exact) mass is 318 g/mol. The highest BCUT2D eigenvalue weighted by atomic mass is 32.2. The molecule has 0 saturated carbocycles. The number of anilines is 2. The van der Waals surface area contributed by atoms with Crippen molar-refractivity contribution in [3.63, 3.8) is 0 Å². The predicted octanol–water partition coefficient (Wildman–Crippen LogP) is 3.26. The number of hydrogen-bond donors (Lipinski definition) is 0. The lowest BCUT2D eigenvalue weighted by atomic mass is 10.2. The smallest absolute Gasteiger partial charge is 0.223 e. The topological polar surface area (TPSA) is 61.2 Å². The van der Waals surface area contributed by atoms with E-state index in [0.717, 1.165) is 18.3 Å². The summed E-state index contributed by atoms with van der Waals surface area (Å²) >= 11 is 0. The van der Waals surface area contributed by atoms with Crippen molar-refractivity contribution in [1.82, 2.24) is 0 Å². The van der Waals surface area contributed by atoms with Crippen LogP contribution >= 0.6 is 0 Å². The van der Waals surface area contributed by atoms with Gasteiger partial charge in [-0.15, -0.1) is 0 Å². The zero-order valence-corrected chi connectivity index (χ0v) is 11.8. The summed E-state index contributed by atoms with van der Waals surface area (Å²) in [5.41, 5.74) is 0.319. The molecule has 0 bridgehead atoms. The highest BCUT2D eigenvalue weighted by Crippen LogP contribution is 2.40. The Hall–Kier alpha value is -2.72. The molecule has 0 fully saturated rings.